The first kappa shape index (κ1) is 25.5. The van der Waals surface area contributed by atoms with Gasteiger partial charge in [-0.25, -0.2) is 18.0 Å². The minimum absolute atomic E-state index is 0.0815. The van der Waals surface area contributed by atoms with Crippen molar-refractivity contribution in [1.29, 1.82) is 0 Å². The maximum atomic E-state index is 14.1. The van der Waals surface area contributed by atoms with Crippen LogP contribution in [0.2, 0.25) is 10.0 Å². The molecule has 0 fully saturated rings. The molecule has 1 atom stereocenters. The Balaban J connectivity index is 1.75. The van der Waals surface area contributed by atoms with Crippen LogP contribution in [0.25, 0.3) is 22.0 Å². The Kier molecular flexibility index (Phi) is 7.47. The number of carbonyl (C=O) groups is 2. The molecule has 1 aromatic heterocycles. The van der Waals surface area contributed by atoms with Crippen LogP contribution in [0.3, 0.4) is 0 Å². The molecule has 1 N–H and O–H groups in total. The van der Waals surface area contributed by atoms with Gasteiger partial charge in [0.1, 0.15) is 29.1 Å². The lowest BCUT2D eigenvalue weighted by atomic mass is 9.95. The Morgan fingerprint density at radius 2 is 1.67 bits per heavy atom. The molecule has 184 valence electrons. The molecule has 0 bridgehead atoms. The molecule has 4 rings (SSSR count). The lowest BCUT2D eigenvalue weighted by Gasteiger charge is -2.19. The Morgan fingerprint density at radius 3 is 2.31 bits per heavy atom. The van der Waals surface area contributed by atoms with Gasteiger partial charge in [0.2, 0.25) is 0 Å². The third kappa shape index (κ3) is 5.01. The first-order valence-corrected chi connectivity index (χ1v) is 11.3. The Labute approximate surface area is 213 Å². The van der Waals surface area contributed by atoms with E-state index in [1.54, 1.807) is 30.5 Å². The zero-order chi connectivity index (χ0) is 26.0. The third-order valence-corrected chi connectivity index (χ3v) is 6.14. The number of hydrogen-bond acceptors (Lipinski definition) is 4. The van der Waals surface area contributed by atoms with Crippen LogP contribution in [-0.2, 0) is 16.0 Å². The summed E-state index contributed by atoms with van der Waals surface area (Å²) in [5.74, 6) is -4.65. The number of nitrogens with one attached hydrogen (secondary N) is 1. The van der Waals surface area contributed by atoms with Gasteiger partial charge < -0.3 is 10.1 Å². The second-order valence-corrected chi connectivity index (χ2v) is 8.58. The van der Waals surface area contributed by atoms with Crippen LogP contribution in [0, 0.1) is 17.5 Å². The van der Waals surface area contributed by atoms with Crippen LogP contribution in [0.5, 0.6) is 0 Å². The van der Waals surface area contributed by atoms with Gasteiger partial charge in [-0.15, -0.1) is 0 Å². The van der Waals surface area contributed by atoms with Crippen molar-refractivity contribution in [2.24, 2.45) is 0 Å². The van der Waals surface area contributed by atoms with Gasteiger partial charge in [0.25, 0.3) is 5.91 Å². The molecule has 0 radical (unpaired) electrons. The number of pyridine rings is 1. The Hall–Kier alpha value is -3.62. The number of fused-ring (bicyclic) bond motifs is 1. The van der Waals surface area contributed by atoms with Crippen molar-refractivity contribution in [1.82, 2.24) is 10.3 Å². The number of benzene rings is 3. The molecule has 0 spiro atoms. The van der Waals surface area contributed by atoms with Crippen LogP contribution in [-0.4, -0.2) is 30.0 Å². The summed E-state index contributed by atoms with van der Waals surface area (Å²) in [6, 6.07) is 10.7. The van der Waals surface area contributed by atoms with Crippen molar-refractivity contribution >= 4 is 46.0 Å². The highest BCUT2D eigenvalue weighted by Gasteiger charge is 2.27. The molecular formula is C26H17Cl2F3N2O3. The molecule has 4 aromatic rings. The number of carbonyl (C=O) groups excluding carboxylic acids is 2. The first-order valence-electron chi connectivity index (χ1n) is 10.6. The summed E-state index contributed by atoms with van der Waals surface area (Å²) in [6.07, 6.45) is 1.46. The Morgan fingerprint density at radius 1 is 1.00 bits per heavy atom. The van der Waals surface area contributed by atoms with E-state index >= 15 is 0 Å². The molecule has 10 heteroatoms. The van der Waals surface area contributed by atoms with Crippen molar-refractivity contribution in [3.8, 4) is 11.1 Å². The summed E-state index contributed by atoms with van der Waals surface area (Å²) in [4.78, 5) is 29.5. The number of methoxy groups -OCH3 is 1. The second kappa shape index (κ2) is 10.6. The van der Waals surface area contributed by atoms with Crippen LogP contribution in [0.15, 0.2) is 60.8 Å². The minimum Gasteiger partial charge on any atom is -0.467 e. The van der Waals surface area contributed by atoms with Crippen molar-refractivity contribution < 1.29 is 27.5 Å². The molecule has 0 aliphatic carbocycles. The van der Waals surface area contributed by atoms with E-state index in [2.05, 4.69) is 10.3 Å². The number of amides is 1. The Bertz CT molecular complexity index is 1450. The van der Waals surface area contributed by atoms with E-state index in [1.807, 2.05) is 0 Å². The van der Waals surface area contributed by atoms with Crippen LogP contribution >= 0.6 is 23.2 Å². The van der Waals surface area contributed by atoms with Crippen molar-refractivity contribution in [3.05, 3.63) is 99.4 Å². The molecule has 36 heavy (non-hydrogen) atoms. The monoisotopic (exact) mass is 532 g/mol. The van der Waals surface area contributed by atoms with Crippen LogP contribution in [0.1, 0.15) is 15.9 Å². The van der Waals surface area contributed by atoms with E-state index in [-0.39, 0.29) is 16.5 Å². The largest absolute Gasteiger partial charge is 0.467 e. The minimum atomic E-state index is -1.27. The van der Waals surface area contributed by atoms with Gasteiger partial charge in [-0.1, -0.05) is 47.5 Å². The summed E-state index contributed by atoms with van der Waals surface area (Å²) in [5.41, 5.74) is 1.12. The van der Waals surface area contributed by atoms with Gasteiger partial charge in [-0.05, 0) is 35.9 Å². The molecule has 0 aliphatic heterocycles. The van der Waals surface area contributed by atoms with Crippen molar-refractivity contribution in [3.63, 3.8) is 0 Å². The molecule has 0 saturated carbocycles. The SMILES string of the molecule is COC(=O)[C@H](Cc1ccc(-c2c(Cl)cc(F)cc2Cl)c2ncccc12)NC(=O)c1c(F)cccc1F. The molecule has 3 aromatic carbocycles. The fourth-order valence-corrected chi connectivity index (χ4v) is 4.58. The number of aromatic nitrogens is 1. The average Bonchev–Trinajstić information content (AvgIpc) is 2.83. The van der Waals surface area contributed by atoms with Gasteiger partial charge in [0, 0.05) is 29.1 Å². The molecule has 0 aliphatic rings. The first-order chi connectivity index (χ1) is 17.2. The van der Waals surface area contributed by atoms with Crippen LogP contribution < -0.4 is 5.32 Å². The number of halogens is 5. The van der Waals surface area contributed by atoms with E-state index in [9.17, 15) is 22.8 Å². The quantitative estimate of drug-likeness (QED) is 0.303. The van der Waals surface area contributed by atoms with Crippen LogP contribution in [0.4, 0.5) is 13.2 Å². The molecule has 5 nitrogen and oxygen atoms in total. The molecule has 1 amide bonds. The highest BCUT2D eigenvalue weighted by atomic mass is 35.5. The number of hydrogen-bond donors (Lipinski definition) is 1. The van der Waals surface area contributed by atoms with Crippen molar-refractivity contribution in [2.45, 2.75) is 12.5 Å². The third-order valence-electron chi connectivity index (χ3n) is 5.54. The van der Waals surface area contributed by atoms with Gasteiger partial charge in [0.05, 0.1) is 22.7 Å². The maximum absolute atomic E-state index is 14.1. The summed E-state index contributed by atoms with van der Waals surface area (Å²) in [6.45, 7) is 0. The van der Waals surface area contributed by atoms with Gasteiger partial charge in [-0.3, -0.25) is 9.78 Å². The fraction of sp³-hybridized carbons (Fsp3) is 0.115. The number of rotatable bonds is 6. The number of ether oxygens (including phenoxy) is 1. The normalized spacial score (nSPS) is 11.8. The van der Waals surface area contributed by atoms with E-state index < -0.39 is 40.9 Å². The van der Waals surface area contributed by atoms with E-state index in [4.69, 9.17) is 27.9 Å². The van der Waals surface area contributed by atoms with Gasteiger partial charge in [0.15, 0.2) is 0 Å². The predicted molar refractivity (Wildman–Crippen MR) is 130 cm³/mol. The summed E-state index contributed by atoms with van der Waals surface area (Å²) < 4.78 is 46.7. The smallest absolute Gasteiger partial charge is 0.328 e. The summed E-state index contributed by atoms with van der Waals surface area (Å²) >= 11 is 12.5. The number of nitrogens with zero attached hydrogens (tertiary/aromatic N) is 1. The molecule has 0 saturated heterocycles. The molecular weight excluding hydrogens is 516 g/mol. The van der Waals surface area contributed by atoms with Crippen molar-refractivity contribution in [2.75, 3.05) is 7.11 Å². The topological polar surface area (TPSA) is 68.3 Å². The van der Waals surface area contributed by atoms with E-state index in [0.717, 1.165) is 37.4 Å². The average molecular weight is 533 g/mol. The second-order valence-electron chi connectivity index (χ2n) is 7.77. The highest BCUT2D eigenvalue weighted by molar-refractivity contribution is 6.39. The molecule has 0 unspecified atom stereocenters. The number of esters is 1. The van der Waals surface area contributed by atoms with E-state index in [0.29, 0.717) is 27.6 Å². The fourth-order valence-electron chi connectivity index (χ4n) is 3.91. The lowest BCUT2D eigenvalue weighted by Crippen LogP contribution is -2.43. The van der Waals surface area contributed by atoms with Gasteiger partial charge >= 0.3 is 5.97 Å². The van der Waals surface area contributed by atoms with E-state index in [1.165, 1.54) is 0 Å². The highest BCUT2D eigenvalue weighted by Crippen LogP contribution is 2.39. The zero-order valence-corrected chi connectivity index (χ0v) is 20.1. The standard InChI is InChI=1S/C26H17Cl2F3N2O3/c1-36-26(35)21(33-25(34)23-19(30)5-2-6-20(23)31)10-13-7-8-16(24-15(13)4-3-9-32-24)22-17(27)11-14(29)12-18(22)28/h2-9,11-12,21H,10H2,1H3,(H,33,34)/t21-/m0/s1. The summed E-state index contributed by atoms with van der Waals surface area (Å²) in [7, 11) is 1.13. The molecule has 1 heterocycles. The van der Waals surface area contributed by atoms with Gasteiger partial charge in [-0.2, -0.15) is 0 Å². The zero-order valence-electron chi connectivity index (χ0n) is 18.6. The maximum Gasteiger partial charge on any atom is 0.328 e. The predicted octanol–water partition coefficient (Wildman–Crippen LogP) is 6.14. The lowest BCUT2D eigenvalue weighted by molar-refractivity contribution is -0.142. The summed E-state index contributed by atoms with van der Waals surface area (Å²) in [5, 5.41) is 3.12.